The van der Waals surface area contributed by atoms with Gasteiger partial charge in [-0.15, -0.1) is 0 Å². The van der Waals surface area contributed by atoms with Crippen LogP contribution < -0.4 is 5.73 Å². The number of esters is 1. The third-order valence-electron chi connectivity index (χ3n) is 3.13. The quantitative estimate of drug-likeness (QED) is 0.451. The summed E-state index contributed by atoms with van der Waals surface area (Å²) in [6.07, 6.45) is 8.16. The minimum Gasteiger partial charge on any atom is -0.480 e. The molecule has 1 atom stereocenters. The van der Waals surface area contributed by atoms with Crippen molar-refractivity contribution in [3.63, 3.8) is 0 Å². The fourth-order valence-corrected chi connectivity index (χ4v) is 2.03. The van der Waals surface area contributed by atoms with Crippen LogP contribution in [0.3, 0.4) is 0 Å². The van der Waals surface area contributed by atoms with Gasteiger partial charge in [0.05, 0.1) is 0 Å². The molecule has 0 rings (SSSR count). The summed E-state index contributed by atoms with van der Waals surface area (Å²) < 4.78 is 5.24. The minimum absolute atomic E-state index is 0.120. The first-order chi connectivity index (χ1) is 9.72. The molecule has 0 aliphatic carbocycles. The molecule has 0 fully saturated rings. The van der Waals surface area contributed by atoms with E-state index in [0.717, 1.165) is 44.9 Å². The minimum atomic E-state index is -0.919. The summed E-state index contributed by atoms with van der Waals surface area (Å²) in [5.41, 5.74) is 5.03. The monoisotopic (exact) mass is 301 g/mol. The van der Waals surface area contributed by atoms with Crippen LogP contribution in [-0.2, 0) is 14.3 Å². The molecule has 0 aliphatic heterocycles. The van der Waals surface area contributed by atoms with Crippen LogP contribution in [0.4, 0.5) is 0 Å². The van der Waals surface area contributed by atoms with E-state index in [1.54, 1.807) is 0 Å². The number of carboxylic acids is 1. The average molecular weight is 301 g/mol. The lowest BCUT2D eigenvalue weighted by atomic mass is 10.0. The molecule has 5 heteroatoms. The van der Waals surface area contributed by atoms with Crippen molar-refractivity contribution in [3.05, 3.63) is 0 Å². The second kappa shape index (κ2) is 10.6. The molecule has 3 N–H and O–H groups in total. The average Bonchev–Trinajstić information content (AvgIpc) is 2.34. The number of aliphatic carboxylic acids is 1. The number of carbonyl (C=O) groups is 2. The number of nitrogens with two attached hydrogens (primary N) is 1. The van der Waals surface area contributed by atoms with Crippen LogP contribution in [0.5, 0.6) is 0 Å². The molecule has 0 aromatic carbocycles. The van der Waals surface area contributed by atoms with Gasteiger partial charge in [0.15, 0.2) is 0 Å². The molecule has 0 spiro atoms. The highest BCUT2D eigenvalue weighted by Crippen LogP contribution is 2.13. The normalized spacial score (nSPS) is 13.0. The third kappa shape index (κ3) is 13.6. The maximum atomic E-state index is 11.5. The summed E-state index contributed by atoms with van der Waals surface area (Å²) in [6, 6.07) is -0.723. The Morgan fingerprint density at radius 3 is 1.95 bits per heavy atom. The third-order valence-corrected chi connectivity index (χ3v) is 3.13. The van der Waals surface area contributed by atoms with Gasteiger partial charge in [0.25, 0.3) is 0 Å². The van der Waals surface area contributed by atoms with E-state index < -0.39 is 17.6 Å². The van der Waals surface area contributed by atoms with Gasteiger partial charge in [-0.05, 0) is 33.6 Å². The van der Waals surface area contributed by atoms with Gasteiger partial charge >= 0.3 is 11.9 Å². The van der Waals surface area contributed by atoms with Gasteiger partial charge < -0.3 is 15.6 Å². The van der Waals surface area contributed by atoms with Gasteiger partial charge in [0.1, 0.15) is 11.6 Å². The predicted octanol–water partition coefficient (Wildman–Crippen LogP) is 3.25. The summed E-state index contributed by atoms with van der Waals surface area (Å²) >= 11 is 0. The van der Waals surface area contributed by atoms with Crippen LogP contribution in [0.25, 0.3) is 0 Å². The van der Waals surface area contributed by atoms with Crippen LogP contribution in [0.15, 0.2) is 0 Å². The Bertz CT molecular complexity index is 310. The van der Waals surface area contributed by atoms with E-state index in [-0.39, 0.29) is 5.97 Å². The second-order valence-corrected chi connectivity index (χ2v) is 6.54. The molecule has 0 heterocycles. The van der Waals surface area contributed by atoms with E-state index in [1.165, 1.54) is 0 Å². The largest absolute Gasteiger partial charge is 0.480 e. The molecule has 0 aliphatic rings. The number of hydrogen-bond acceptors (Lipinski definition) is 4. The Kier molecular flexibility index (Phi) is 10.0. The number of ether oxygens (including phenoxy) is 1. The van der Waals surface area contributed by atoms with Crippen molar-refractivity contribution in [1.82, 2.24) is 0 Å². The Balaban J connectivity index is 3.34. The van der Waals surface area contributed by atoms with Gasteiger partial charge in [-0.3, -0.25) is 9.59 Å². The lowest BCUT2D eigenvalue weighted by molar-refractivity contribution is -0.155. The number of carbonyl (C=O) groups excluding carboxylic acids is 1. The second-order valence-electron chi connectivity index (χ2n) is 6.54. The van der Waals surface area contributed by atoms with Crippen LogP contribution in [-0.4, -0.2) is 28.7 Å². The van der Waals surface area contributed by atoms with Gasteiger partial charge in [-0.2, -0.15) is 0 Å². The summed E-state index contributed by atoms with van der Waals surface area (Å²) in [4.78, 5) is 22.0. The molecule has 0 saturated carbocycles. The molecule has 5 nitrogen and oxygen atoms in total. The molecule has 0 saturated heterocycles. The molecule has 0 amide bonds. The highest BCUT2D eigenvalue weighted by molar-refractivity contribution is 5.72. The topological polar surface area (TPSA) is 89.6 Å². The molecule has 0 aromatic rings. The molecular formula is C16H31NO4. The van der Waals surface area contributed by atoms with Crippen molar-refractivity contribution < 1.29 is 19.4 Å². The van der Waals surface area contributed by atoms with Gasteiger partial charge in [0.2, 0.25) is 0 Å². The SMILES string of the molecule is CC(C)(C)OC(=O)CCCCCCCCCC(N)C(=O)O. The van der Waals surface area contributed by atoms with Gasteiger partial charge in [-0.25, -0.2) is 0 Å². The number of hydrogen-bond donors (Lipinski definition) is 2. The van der Waals surface area contributed by atoms with Crippen molar-refractivity contribution in [2.75, 3.05) is 0 Å². The lowest BCUT2D eigenvalue weighted by Gasteiger charge is -2.19. The Morgan fingerprint density at radius 2 is 1.48 bits per heavy atom. The molecule has 124 valence electrons. The summed E-state index contributed by atoms with van der Waals surface area (Å²) in [5, 5.41) is 8.63. The molecule has 1 unspecified atom stereocenters. The smallest absolute Gasteiger partial charge is 0.320 e. The van der Waals surface area contributed by atoms with Crippen molar-refractivity contribution in [1.29, 1.82) is 0 Å². The maximum absolute atomic E-state index is 11.5. The molecule has 0 aromatic heterocycles. The highest BCUT2D eigenvalue weighted by Gasteiger charge is 2.15. The number of rotatable bonds is 11. The number of unbranched alkanes of at least 4 members (excludes halogenated alkanes) is 6. The zero-order valence-electron chi connectivity index (χ0n) is 13.7. The van der Waals surface area contributed by atoms with E-state index in [1.807, 2.05) is 20.8 Å². The van der Waals surface area contributed by atoms with Gasteiger partial charge in [0, 0.05) is 6.42 Å². The van der Waals surface area contributed by atoms with Crippen molar-refractivity contribution in [3.8, 4) is 0 Å². The lowest BCUT2D eigenvalue weighted by Crippen LogP contribution is -2.29. The first kappa shape index (κ1) is 19.9. The fourth-order valence-electron chi connectivity index (χ4n) is 2.03. The predicted molar refractivity (Wildman–Crippen MR) is 83.0 cm³/mol. The molecule has 0 bridgehead atoms. The molecular weight excluding hydrogens is 270 g/mol. The fraction of sp³-hybridized carbons (Fsp3) is 0.875. The number of carboxylic acid groups (broad SMARTS) is 1. The Morgan fingerprint density at radius 1 is 1.00 bits per heavy atom. The van der Waals surface area contributed by atoms with Crippen LogP contribution >= 0.6 is 0 Å². The van der Waals surface area contributed by atoms with Crippen molar-refractivity contribution >= 4 is 11.9 Å². The van der Waals surface area contributed by atoms with E-state index >= 15 is 0 Å². The van der Waals surface area contributed by atoms with E-state index in [4.69, 9.17) is 15.6 Å². The highest BCUT2D eigenvalue weighted by atomic mass is 16.6. The summed E-state index contributed by atoms with van der Waals surface area (Å²) in [5.74, 6) is -1.04. The first-order valence-corrected chi connectivity index (χ1v) is 7.92. The van der Waals surface area contributed by atoms with Crippen LogP contribution in [0.1, 0.15) is 78.6 Å². The van der Waals surface area contributed by atoms with Crippen LogP contribution in [0.2, 0.25) is 0 Å². The summed E-state index contributed by atoms with van der Waals surface area (Å²) in [6.45, 7) is 5.63. The van der Waals surface area contributed by atoms with E-state index in [2.05, 4.69) is 0 Å². The molecule has 21 heavy (non-hydrogen) atoms. The molecule has 0 radical (unpaired) electrons. The van der Waals surface area contributed by atoms with Crippen LogP contribution in [0, 0.1) is 0 Å². The Hall–Kier alpha value is -1.10. The zero-order chi connectivity index (χ0) is 16.3. The zero-order valence-corrected chi connectivity index (χ0v) is 13.7. The first-order valence-electron chi connectivity index (χ1n) is 7.92. The van der Waals surface area contributed by atoms with Crippen molar-refractivity contribution in [2.45, 2.75) is 90.2 Å². The maximum Gasteiger partial charge on any atom is 0.320 e. The van der Waals surface area contributed by atoms with Gasteiger partial charge in [-0.1, -0.05) is 38.5 Å². The van der Waals surface area contributed by atoms with E-state index in [0.29, 0.717) is 12.8 Å². The summed E-state index contributed by atoms with van der Waals surface area (Å²) in [7, 11) is 0. The standard InChI is InChI=1S/C16H31NO4/c1-16(2,3)21-14(18)12-10-8-6-4-5-7-9-11-13(17)15(19)20/h13H,4-12,17H2,1-3H3,(H,19,20). The Labute approximate surface area is 128 Å². The van der Waals surface area contributed by atoms with E-state index in [9.17, 15) is 9.59 Å². The van der Waals surface area contributed by atoms with Crippen molar-refractivity contribution in [2.24, 2.45) is 5.73 Å².